The fourth-order valence-electron chi connectivity index (χ4n) is 3.33. The van der Waals surface area contributed by atoms with Crippen molar-refractivity contribution < 1.29 is 4.79 Å². The van der Waals surface area contributed by atoms with E-state index in [1.54, 1.807) is 0 Å². The maximum Gasteiger partial charge on any atom is 0.317 e. The number of likely N-dealkylation sites (N-methyl/N-ethyl adjacent to an activating group) is 1. The molecule has 1 aromatic rings. The first kappa shape index (κ1) is 17.8. The molecule has 23 heavy (non-hydrogen) atoms. The summed E-state index contributed by atoms with van der Waals surface area (Å²) < 4.78 is 0. The van der Waals surface area contributed by atoms with Crippen molar-refractivity contribution in [3.8, 4) is 0 Å². The van der Waals surface area contributed by atoms with Crippen molar-refractivity contribution in [2.75, 3.05) is 27.7 Å². The van der Waals surface area contributed by atoms with Gasteiger partial charge in [-0.15, -0.1) is 0 Å². The molecule has 1 aliphatic carbocycles. The average molecular weight is 317 g/mol. The van der Waals surface area contributed by atoms with Crippen LogP contribution in [0.25, 0.3) is 0 Å². The quantitative estimate of drug-likeness (QED) is 0.901. The minimum absolute atomic E-state index is 0.0517. The molecule has 0 aromatic heterocycles. The summed E-state index contributed by atoms with van der Waals surface area (Å²) >= 11 is 0. The van der Waals surface area contributed by atoms with E-state index in [0.29, 0.717) is 12.6 Å². The Morgan fingerprint density at radius 1 is 1.13 bits per heavy atom. The Morgan fingerprint density at radius 3 is 2.30 bits per heavy atom. The van der Waals surface area contributed by atoms with Crippen molar-refractivity contribution in [2.24, 2.45) is 0 Å². The number of carbonyl (C=O) groups excluding carboxylic acids is 1. The van der Waals surface area contributed by atoms with Gasteiger partial charge in [0, 0.05) is 19.6 Å². The van der Waals surface area contributed by atoms with Gasteiger partial charge in [-0.1, -0.05) is 49.1 Å². The third-order valence-corrected chi connectivity index (χ3v) is 4.97. The van der Waals surface area contributed by atoms with E-state index in [0.717, 1.165) is 12.8 Å². The van der Waals surface area contributed by atoms with Crippen LogP contribution in [0.1, 0.15) is 49.3 Å². The number of hydrogen-bond donors (Lipinski definition) is 1. The molecule has 128 valence electrons. The van der Waals surface area contributed by atoms with Crippen molar-refractivity contribution in [1.29, 1.82) is 0 Å². The minimum atomic E-state index is 0.0517. The summed E-state index contributed by atoms with van der Waals surface area (Å²) in [6.45, 7) is 2.72. The van der Waals surface area contributed by atoms with Gasteiger partial charge in [0.05, 0.1) is 6.04 Å². The molecule has 0 aliphatic heterocycles. The Kier molecular flexibility index (Phi) is 6.46. The average Bonchev–Trinajstić information content (AvgIpc) is 2.56. The lowest BCUT2D eigenvalue weighted by molar-refractivity contribution is 0.170. The predicted molar refractivity (Wildman–Crippen MR) is 95.6 cm³/mol. The minimum Gasteiger partial charge on any atom is -0.336 e. The number of rotatable bonds is 5. The van der Waals surface area contributed by atoms with Gasteiger partial charge in [-0.25, -0.2) is 4.79 Å². The summed E-state index contributed by atoms with van der Waals surface area (Å²) in [5.41, 5.74) is 2.49. The lowest BCUT2D eigenvalue weighted by Gasteiger charge is -2.32. The van der Waals surface area contributed by atoms with E-state index in [2.05, 4.69) is 55.5 Å². The molecule has 1 fully saturated rings. The molecule has 4 heteroatoms. The van der Waals surface area contributed by atoms with E-state index in [1.165, 1.54) is 30.4 Å². The monoisotopic (exact) mass is 317 g/mol. The van der Waals surface area contributed by atoms with Gasteiger partial charge in [-0.05, 0) is 39.4 Å². The Balaban J connectivity index is 1.92. The van der Waals surface area contributed by atoms with Crippen LogP contribution in [-0.2, 0) is 0 Å². The summed E-state index contributed by atoms with van der Waals surface area (Å²) in [6, 6.07) is 9.20. The molecule has 1 aliphatic rings. The zero-order valence-electron chi connectivity index (χ0n) is 15.0. The van der Waals surface area contributed by atoms with Crippen LogP contribution in [-0.4, -0.2) is 49.6 Å². The molecule has 2 rings (SSSR count). The number of aryl methyl sites for hydroxylation is 1. The van der Waals surface area contributed by atoms with E-state index in [9.17, 15) is 4.79 Å². The highest BCUT2D eigenvalue weighted by Gasteiger charge is 2.23. The van der Waals surface area contributed by atoms with E-state index in [1.807, 2.05) is 11.9 Å². The van der Waals surface area contributed by atoms with Gasteiger partial charge in [0.25, 0.3) is 0 Å². The number of nitrogens with zero attached hydrogens (tertiary/aromatic N) is 2. The third-order valence-electron chi connectivity index (χ3n) is 4.97. The normalized spacial score (nSPS) is 17.1. The topological polar surface area (TPSA) is 35.6 Å². The van der Waals surface area contributed by atoms with E-state index < -0.39 is 0 Å². The van der Waals surface area contributed by atoms with Gasteiger partial charge in [0.15, 0.2) is 0 Å². The lowest BCUT2D eigenvalue weighted by atomic mass is 9.95. The van der Waals surface area contributed by atoms with Crippen molar-refractivity contribution in [3.05, 3.63) is 35.4 Å². The van der Waals surface area contributed by atoms with E-state index >= 15 is 0 Å². The first-order valence-electron chi connectivity index (χ1n) is 8.72. The van der Waals surface area contributed by atoms with E-state index in [4.69, 9.17) is 0 Å². The Bertz CT molecular complexity index is 492. The van der Waals surface area contributed by atoms with Crippen LogP contribution in [0.15, 0.2) is 24.3 Å². The second-order valence-corrected chi connectivity index (χ2v) is 6.98. The van der Waals surface area contributed by atoms with Gasteiger partial charge in [-0.2, -0.15) is 0 Å². The molecule has 0 saturated heterocycles. The van der Waals surface area contributed by atoms with Crippen LogP contribution in [0.5, 0.6) is 0 Å². The van der Waals surface area contributed by atoms with Gasteiger partial charge in [0.1, 0.15) is 0 Å². The van der Waals surface area contributed by atoms with Crippen LogP contribution in [0.2, 0.25) is 0 Å². The maximum atomic E-state index is 12.5. The number of benzene rings is 1. The fraction of sp³-hybridized carbons (Fsp3) is 0.632. The van der Waals surface area contributed by atoms with Crippen LogP contribution in [0.4, 0.5) is 4.79 Å². The first-order valence-corrected chi connectivity index (χ1v) is 8.72. The molecule has 4 nitrogen and oxygen atoms in total. The number of amides is 2. The van der Waals surface area contributed by atoms with Crippen molar-refractivity contribution in [1.82, 2.24) is 15.1 Å². The lowest BCUT2D eigenvalue weighted by Crippen LogP contribution is -2.46. The Morgan fingerprint density at radius 2 is 1.74 bits per heavy atom. The molecule has 1 unspecified atom stereocenters. The van der Waals surface area contributed by atoms with Crippen molar-refractivity contribution in [3.63, 3.8) is 0 Å². The molecule has 0 radical (unpaired) electrons. The Labute approximate surface area is 140 Å². The highest BCUT2D eigenvalue weighted by molar-refractivity contribution is 5.74. The first-order chi connectivity index (χ1) is 11.0. The highest BCUT2D eigenvalue weighted by Crippen LogP contribution is 2.22. The summed E-state index contributed by atoms with van der Waals surface area (Å²) in [5.74, 6) is 0. The number of carbonyl (C=O) groups is 1. The smallest absolute Gasteiger partial charge is 0.317 e. The largest absolute Gasteiger partial charge is 0.336 e. The number of hydrogen-bond acceptors (Lipinski definition) is 2. The third kappa shape index (κ3) is 4.96. The standard InChI is InChI=1S/C19H31N3O/c1-15-10-12-16(13-11-15)18(21(2)3)14-20-19(23)22(4)17-8-6-5-7-9-17/h10-13,17-18H,5-9,14H2,1-4H3,(H,20,23). The molecule has 0 heterocycles. The van der Waals surface area contributed by atoms with Crippen LogP contribution < -0.4 is 5.32 Å². The SMILES string of the molecule is Cc1ccc(C(CNC(=O)N(C)C2CCCCC2)N(C)C)cc1. The summed E-state index contributed by atoms with van der Waals surface area (Å²) in [5, 5.41) is 3.12. The van der Waals surface area contributed by atoms with Gasteiger partial charge >= 0.3 is 6.03 Å². The number of nitrogens with one attached hydrogen (secondary N) is 1. The van der Waals surface area contributed by atoms with Gasteiger partial charge < -0.3 is 15.1 Å². The van der Waals surface area contributed by atoms with Crippen LogP contribution >= 0.6 is 0 Å². The molecule has 0 bridgehead atoms. The zero-order valence-corrected chi connectivity index (χ0v) is 15.0. The van der Waals surface area contributed by atoms with Gasteiger partial charge in [-0.3, -0.25) is 0 Å². The highest BCUT2D eigenvalue weighted by atomic mass is 16.2. The predicted octanol–water partition coefficient (Wildman–Crippen LogP) is 3.57. The Hall–Kier alpha value is -1.55. The van der Waals surface area contributed by atoms with Crippen LogP contribution in [0.3, 0.4) is 0 Å². The van der Waals surface area contributed by atoms with Crippen LogP contribution in [0, 0.1) is 6.92 Å². The molecule has 1 atom stereocenters. The molecule has 1 aromatic carbocycles. The number of urea groups is 1. The molecular formula is C19H31N3O. The van der Waals surface area contributed by atoms with E-state index in [-0.39, 0.29) is 12.1 Å². The molecule has 0 spiro atoms. The zero-order chi connectivity index (χ0) is 16.8. The molecule has 2 amide bonds. The molecular weight excluding hydrogens is 286 g/mol. The molecule has 1 saturated carbocycles. The second kappa shape index (κ2) is 8.34. The summed E-state index contributed by atoms with van der Waals surface area (Å²) in [4.78, 5) is 16.5. The van der Waals surface area contributed by atoms with Crippen molar-refractivity contribution in [2.45, 2.75) is 51.1 Å². The maximum absolute atomic E-state index is 12.5. The fourth-order valence-corrected chi connectivity index (χ4v) is 3.33. The second-order valence-electron chi connectivity index (χ2n) is 6.98. The summed E-state index contributed by atoms with van der Waals surface area (Å²) in [6.07, 6.45) is 6.07. The van der Waals surface area contributed by atoms with Crippen molar-refractivity contribution >= 4 is 6.03 Å². The molecule has 1 N–H and O–H groups in total. The summed E-state index contributed by atoms with van der Waals surface area (Å²) in [7, 11) is 6.05. The van der Waals surface area contributed by atoms with Gasteiger partial charge in [0.2, 0.25) is 0 Å².